The van der Waals surface area contributed by atoms with Gasteiger partial charge in [-0.1, -0.05) is 101 Å². The van der Waals surface area contributed by atoms with Gasteiger partial charge in [0.15, 0.2) is 0 Å². The summed E-state index contributed by atoms with van der Waals surface area (Å²) in [6, 6.07) is 50.4. The zero-order chi connectivity index (χ0) is 103. The predicted octanol–water partition coefficient (Wildman–Crippen LogP) is 22.4. The normalized spacial score (nSPS) is 12.1. The van der Waals surface area contributed by atoms with E-state index in [9.17, 15) is 39.0 Å². The number of halogens is 5. The molecular formula is C106H125B2Br4ClN10O19. The van der Waals surface area contributed by atoms with Crippen molar-refractivity contribution >= 4 is 149 Å². The summed E-state index contributed by atoms with van der Waals surface area (Å²) in [4.78, 5) is 70.5. The van der Waals surface area contributed by atoms with Gasteiger partial charge in [-0.3, -0.25) is 37.9 Å². The minimum atomic E-state index is -0.570. The van der Waals surface area contributed by atoms with Gasteiger partial charge in [-0.15, -0.1) is 59.7 Å². The minimum Gasteiger partial charge on any atom is -0.508 e. The summed E-state index contributed by atoms with van der Waals surface area (Å²) in [5, 5.41) is 43.5. The first kappa shape index (κ1) is 115. The zero-order valence-corrected chi connectivity index (χ0v) is 90.9. The van der Waals surface area contributed by atoms with E-state index in [4.69, 9.17) is 51.3 Å². The first-order chi connectivity index (χ1) is 66.8. The van der Waals surface area contributed by atoms with E-state index in [-0.39, 0.29) is 89.6 Å². The van der Waals surface area contributed by atoms with E-state index in [2.05, 4.69) is 100 Å². The maximum Gasteiger partial charge on any atom is 0.498 e. The summed E-state index contributed by atoms with van der Waals surface area (Å²) in [6.07, 6.45) is 18.1. The van der Waals surface area contributed by atoms with Gasteiger partial charge in [0.25, 0.3) is 0 Å². The third-order valence-corrected chi connectivity index (χ3v) is 22.2. The van der Waals surface area contributed by atoms with E-state index in [1.807, 2.05) is 296 Å². The topological polar surface area (TPSA) is 348 Å². The second-order valence-corrected chi connectivity index (χ2v) is 43.2. The Morgan fingerprint density at radius 1 is 0.451 bits per heavy atom. The van der Waals surface area contributed by atoms with Gasteiger partial charge in [0.2, 0.25) is 0 Å². The lowest BCUT2D eigenvalue weighted by molar-refractivity contribution is -0.143. The number of ether oxygens (including phenoxy) is 7. The molecule has 4 N–H and O–H groups in total. The molecule has 0 aliphatic carbocycles. The predicted molar refractivity (Wildman–Crippen MR) is 571 cm³/mol. The van der Waals surface area contributed by atoms with Crippen LogP contribution < -0.4 is 20.8 Å². The molecule has 1 fully saturated rings. The number of aliphatic hydroxyl groups is 1. The summed E-state index contributed by atoms with van der Waals surface area (Å²) in [6.45, 7) is 32.8. The summed E-state index contributed by atoms with van der Waals surface area (Å²) in [5.41, 5.74) is 19.6. The number of rotatable bonds is 26. The van der Waals surface area contributed by atoms with Crippen molar-refractivity contribution in [1.29, 1.82) is 0 Å². The largest absolute Gasteiger partial charge is 0.508 e. The Bertz CT molecular complexity index is 6410. The average Bonchev–Trinajstić information content (AvgIpc) is 1.60. The molecule has 8 aromatic carbocycles. The van der Waals surface area contributed by atoms with E-state index in [1.165, 1.54) is 0 Å². The highest BCUT2D eigenvalue weighted by Crippen LogP contribution is 2.39. The Kier molecular flexibility index (Phi) is 44.1. The number of nitrogens with zero attached hydrogens (tertiary/aromatic N) is 8. The van der Waals surface area contributed by atoms with Gasteiger partial charge in [-0.05, 0) is 256 Å². The highest BCUT2D eigenvalue weighted by molar-refractivity contribution is 9.69. The van der Waals surface area contributed by atoms with E-state index < -0.39 is 23.4 Å². The molecule has 142 heavy (non-hydrogen) atoms. The summed E-state index contributed by atoms with van der Waals surface area (Å²) in [5.74, 6) is -0.308. The number of amides is 2. The number of fused-ring (bicyclic) bond motifs is 2. The lowest BCUT2D eigenvalue weighted by Crippen LogP contribution is -2.41. The maximum absolute atomic E-state index is 12.4. The van der Waals surface area contributed by atoms with Gasteiger partial charge in [0.05, 0.1) is 101 Å². The van der Waals surface area contributed by atoms with Crippen molar-refractivity contribution in [2.75, 3.05) is 26.4 Å². The quantitative estimate of drug-likeness (QED) is 0.0222. The molecule has 0 unspecified atom stereocenters. The van der Waals surface area contributed by atoms with Crippen LogP contribution in [0.3, 0.4) is 0 Å². The number of alkyl carbamates (subject to hydrolysis) is 2. The number of benzene rings is 8. The molecule has 0 radical (unpaired) electrons. The zero-order valence-electron chi connectivity index (χ0n) is 83.8. The van der Waals surface area contributed by atoms with Crippen LogP contribution in [-0.2, 0) is 137 Å². The van der Waals surface area contributed by atoms with Crippen molar-refractivity contribution in [3.63, 3.8) is 0 Å². The number of carbonyl (C=O) groups is 6. The second-order valence-electron chi connectivity index (χ2n) is 35.8. The molecule has 1 aliphatic rings. The SMILES string of the molecule is BrB(Br)Br.CC(C)(C)OC(=O)NCc1cccc(-c2cc(CO)cc3ccoc23)c1.CCOC(=O)Cc1ccc(-c2cnn(C)c2)cc1C.CCOC(=O)Cc1ccc(-c2cnn(C)c2)cc1O.CCOC(=O)Cc1ccc(-c2cnn(C)c2)cc1OCc1cc(-c2cccc(CNC(=O)OC(C)(C)C)c2)c2occc2c1.CCOC(=O)Cc1ccc(Br)cc1C.Cl.Cn1cc(B2OC(C)(C)C(C)(C)O2)cn1. The molecule has 7 heterocycles. The van der Waals surface area contributed by atoms with Crippen molar-refractivity contribution in [2.24, 2.45) is 28.2 Å². The van der Waals surface area contributed by atoms with E-state index in [0.717, 1.165) is 138 Å². The molecule has 1 aliphatic heterocycles. The van der Waals surface area contributed by atoms with Crippen LogP contribution in [0.25, 0.3) is 77.6 Å². The molecule has 754 valence electrons. The van der Waals surface area contributed by atoms with Crippen LogP contribution >= 0.6 is 75.6 Å². The first-order valence-electron chi connectivity index (χ1n) is 45.8. The molecule has 14 aromatic rings. The number of esters is 4. The standard InChI is InChI=1S/C35H37N3O6.C21H23NO4.C15H18N2O2.C14H16N2O3.C11H13BrO2.C10H17BN2O2.BBr3.ClH/c1-6-41-32(39)18-27-11-10-25(29-20-37-38(5)21-29)17-31(27)43-22-24-15-28-12-13-42-33(28)30(16-24)26-9-7-8-23(14-26)19-36-34(40)44-35(2,3)4;1-21(2,3)26-20(24)22-12-14-5-4-6-16(9-14)18-11-15(13-23)10-17-7-8-25-19(17)18;1-4-19-15(18)8-12-5-6-13(7-11(12)2)14-9-16-17(3)10-14;1-3-19-14(18)7-11-5-4-10(6-13(11)17)12-8-15-16(2)9-12;1-3-14-11(13)7-9-4-5-10(12)6-8(9)2;1-9(2)10(3,4)15-11(14-9)8-6-12-13(5)7-8;2-1(3)4;/h7-17,20-21H,6,18-19,22H2,1-5H3,(H,36,40);4-11,23H,12-13H2,1-3H3,(H,22,24);5-7,9-10H,4,8H2,1-3H3;4-6,8-9,17H,3,7H2,1-2H3;4-6H,3,7H2,1-2H3;6-7H,1-5H3;;1H. The number of carbonyl (C=O) groups excluding carboxylic acids is 6. The number of furan rings is 2. The number of hydrogen-bond acceptors (Lipinski definition) is 23. The Morgan fingerprint density at radius 3 is 1.23 bits per heavy atom. The molecule has 36 heteroatoms. The molecule has 0 saturated carbocycles. The molecule has 15 rings (SSSR count). The molecular weight excluding hydrogens is 2090 g/mol. The van der Waals surface area contributed by atoms with E-state index in [0.29, 0.717) is 63.7 Å². The monoisotopic (exact) mass is 2210 g/mol. The molecule has 1 saturated heterocycles. The van der Waals surface area contributed by atoms with Gasteiger partial charge in [0.1, 0.15) is 40.5 Å². The van der Waals surface area contributed by atoms with Gasteiger partial charge < -0.3 is 72.1 Å². The number of aliphatic hydroxyl groups excluding tert-OH is 1. The number of phenolic OH excluding ortho intramolecular Hbond substituents is 1. The summed E-state index contributed by atoms with van der Waals surface area (Å²) >= 11 is 12.7. The van der Waals surface area contributed by atoms with Crippen molar-refractivity contribution in [1.82, 2.24) is 49.8 Å². The fourth-order valence-corrected chi connectivity index (χ4v) is 14.8. The van der Waals surface area contributed by atoms with Crippen molar-refractivity contribution in [3.8, 4) is 67.1 Å². The Labute approximate surface area is 869 Å². The summed E-state index contributed by atoms with van der Waals surface area (Å²) < 4.78 is 68.5. The summed E-state index contributed by atoms with van der Waals surface area (Å²) in [7, 11) is 7.18. The van der Waals surface area contributed by atoms with Gasteiger partial charge >= 0.3 is 46.4 Å². The smallest absolute Gasteiger partial charge is 0.498 e. The highest BCUT2D eigenvalue weighted by atomic mass is 79.9. The van der Waals surface area contributed by atoms with Crippen LogP contribution in [0.4, 0.5) is 9.59 Å². The Hall–Kier alpha value is -12.1. The molecule has 0 spiro atoms. The van der Waals surface area contributed by atoms with Crippen LogP contribution in [0, 0.1) is 13.8 Å². The van der Waals surface area contributed by atoms with Crippen LogP contribution in [0.2, 0.25) is 0 Å². The number of aryl methyl sites for hydroxylation is 6. The Morgan fingerprint density at radius 2 is 0.831 bits per heavy atom. The molecule has 6 aromatic heterocycles. The van der Waals surface area contributed by atoms with Gasteiger partial charge in [-0.25, -0.2) is 9.59 Å². The Balaban J connectivity index is 0.000000217. The van der Waals surface area contributed by atoms with E-state index >= 15 is 0 Å². The second kappa shape index (κ2) is 54.4. The van der Waals surface area contributed by atoms with Crippen molar-refractivity contribution < 1.29 is 90.3 Å². The first-order valence-corrected chi connectivity index (χ1v) is 49.4. The molecule has 0 atom stereocenters. The molecule has 2 amide bonds. The average molecular weight is 2220 g/mol. The third kappa shape index (κ3) is 36.4. The number of nitrogens with one attached hydrogen (secondary N) is 2. The highest BCUT2D eigenvalue weighted by Gasteiger charge is 2.52. The van der Waals surface area contributed by atoms with Gasteiger partial charge in [0, 0.05) is 132 Å². The van der Waals surface area contributed by atoms with Crippen molar-refractivity contribution in [2.45, 2.75) is 185 Å². The maximum atomic E-state index is 12.4. The minimum absolute atomic E-state index is 0. The molecule has 29 nitrogen and oxygen atoms in total. The van der Waals surface area contributed by atoms with E-state index in [1.54, 1.807) is 75.8 Å². The van der Waals surface area contributed by atoms with Gasteiger partial charge in [-0.2, -0.15) is 20.4 Å². The fourth-order valence-electron chi connectivity index (χ4n) is 14.3. The fraction of sp³-hybridized carbons (Fsp3) is 0.340. The number of phenols is 1. The van der Waals surface area contributed by atoms with Crippen molar-refractivity contribution in [3.05, 3.63) is 280 Å². The lowest BCUT2D eigenvalue weighted by Gasteiger charge is -2.32. The lowest BCUT2D eigenvalue weighted by atomic mass is 9.82. The number of aromatic nitrogens is 8. The number of aromatic hydroxyl groups is 1. The third-order valence-electron chi connectivity index (χ3n) is 21.7. The molecule has 0 bridgehead atoms. The van der Waals surface area contributed by atoms with Crippen LogP contribution in [0.1, 0.15) is 153 Å². The number of hydrogen-bond donors (Lipinski definition) is 4. The van der Waals surface area contributed by atoms with Crippen LogP contribution in [0.5, 0.6) is 11.5 Å². The van der Waals surface area contributed by atoms with Crippen LogP contribution in [0.15, 0.2) is 233 Å². The van der Waals surface area contributed by atoms with Crippen LogP contribution in [-0.4, -0.2) is 145 Å².